The molecule has 6 heteroatoms. The first kappa shape index (κ1) is 31.5. The number of hydrogen-bond donors (Lipinski definition) is 2. The van der Waals surface area contributed by atoms with E-state index in [0.29, 0.717) is 41.5 Å². The molecular formula is C26H46N2O3Os-2. The molecule has 2 N–H and O–H groups in total. The fourth-order valence-electron chi connectivity index (χ4n) is 3.43. The summed E-state index contributed by atoms with van der Waals surface area (Å²) in [4.78, 5) is 0. The van der Waals surface area contributed by atoms with Crippen molar-refractivity contribution < 1.29 is 32.3 Å². The molecule has 1 aliphatic carbocycles. The third-order valence-electron chi connectivity index (χ3n) is 5.50. The molecule has 0 aliphatic heterocycles. The summed E-state index contributed by atoms with van der Waals surface area (Å²) in [7, 11) is 0. The molecule has 1 unspecified atom stereocenters. The molecule has 2 rings (SSSR count). The molecular weight excluding hydrogens is 579 g/mol. The second-order valence-corrected chi connectivity index (χ2v) is 11.0. The molecule has 1 aliphatic rings. The predicted molar refractivity (Wildman–Crippen MR) is 130 cm³/mol. The van der Waals surface area contributed by atoms with Crippen molar-refractivity contribution in [3.05, 3.63) is 46.5 Å². The van der Waals surface area contributed by atoms with Crippen LogP contribution in [0.15, 0.2) is 30.3 Å². The molecule has 0 bridgehead atoms. The standard InChI is InChI=1S/C18H36N2.C8H10O2.O.Os/c1-17(2,3)11-13-19-15-9-7-8-10-16(15)20-14-12-18(4,5)6;9-6-8(10)7-4-2-1-3-5-7;;/h15-16H,7-14H2,1-6H3;1-5,8-10H,6H2;;/q-2;;;/t15-,16?;8-;;/m10../s1. The molecule has 1 fully saturated rings. The van der Waals surface area contributed by atoms with Gasteiger partial charge in [0.05, 0.1) is 6.61 Å². The van der Waals surface area contributed by atoms with E-state index in [2.05, 4.69) is 41.5 Å². The third kappa shape index (κ3) is 16.2. The molecule has 3 atom stereocenters. The summed E-state index contributed by atoms with van der Waals surface area (Å²) < 4.78 is 8.28. The van der Waals surface area contributed by atoms with Gasteiger partial charge in [-0.15, -0.1) is 13.1 Å². The fraction of sp³-hybridized carbons (Fsp3) is 0.769. The molecule has 1 aromatic carbocycles. The summed E-state index contributed by atoms with van der Waals surface area (Å²) in [5, 5.41) is 27.6. The first-order valence-corrected chi connectivity index (χ1v) is 12.9. The van der Waals surface area contributed by atoms with Crippen LogP contribution >= 0.6 is 0 Å². The van der Waals surface area contributed by atoms with Crippen LogP contribution in [-0.2, 0) is 22.1 Å². The molecule has 1 saturated carbocycles. The number of aliphatic hydroxyl groups is 2. The van der Waals surface area contributed by atoms with Gasteiger partial charge in [-0.05, 0) is 16.4 Å². The molecule has 0 heterocycles. The van der Waals surface area contributed by atoms with Gasteiger partial charge in [0.15, 0.2) is 0 Å². The third-order valence-corrected chi connectivity index (χ3v) is 5.50. The second-order valence-electron chi connectivity index (χ2n) is 11.0. The van der Waals surface area contributed by atoms with E-state index < -0.39 is 6.10 Å². The number of nitrogens with zero attached hydrogens (tertiary/aromatic N) is 2. The minimum absolute atomic E-state index is 0.218. The van der Waals surface area contributed by atoms with Gasteiger partial charge in [-0.2, -0.15) is 12.1 Å². The summed E-state index contributed by atoms with van der Waals surface area (Å²) in [6, 6.07) is 10.1. The van der Waals surface area contributed by atoms with Crippen LogP contribution in [0.25, 0.3) is 10.6 Å². The topological polar surface area (TPSA) is 85.7 Å². The second kappa shape index (κ2) is 17.0. The van der Waals surface area contributed by atoms with E-state index in [-0.39, 0.29) is 6.61 Å². The van der Waals surface area contributed by atoms with E-state index in [1.807, 2.05) is 18.2 Å². The number of aliphatic hydroxyl groups excluding tert-OH is 2. The molecule has 188 valence electrons. The molecule has 1 aromatic rings. The van der Waals surface area contributed by atoms with E-state index in [0.717, 1.165) is 18.7 Å². The zero-order valence-corrected chi connectivity index (χ0v) is 23.6. The Morgan fingerprint density at radius 1 is 0.875 bits per heavy atom. The van der Waals surface area contributed by atoms with Gasteiger partial charge >= 0.3 is 22.1 Å². The van der Waals surface area contributed by atoms with Crippen molar-refractivity contribution in [3.63, 3.8) is 0 Å². The van der Waals surface area contributed by atoms with Crippen LogP contribution in [0, 0.1) is 10.8 Å². The normalized spacial score (nSPS) is 19.8. The van der Waals surface area contributed by atoms with Crippen LogP contribution in [0.4, 0.5) is 0 Å². The van der Waals surface area contributed by atoms with Gasteiger partial charge in [-0.1, -0.05) is 110 Å². The summed E-state index contributed by atoms with van der Waals surface area (Å²) in [6.07, 6.45) is 6.85. The van der Waals surface area contributed by atoms with Crippen molar-refractivity contribution in [1.29, 1.82) is 0 Å². The summed E-state index contributed by atoms with van der Waals surface area (Å²) in [6.45, 7) is 15.6. The average Bonchev–Trinajstić information content (AvgIpc) is 2.75. The molecule has 0 amide bonds. The van der Waals surface area contributed by atoms with Crippen molar-refractivity contribution >= 4 is 0 Å². The van der Waals surface area contributed by atoms with Crippen LogP contribution in [0.3, 0.4) is 0 Å². The van der Waals surface area contributed by atoms with Crippen LogP contribution in [0.2, 0.25) is 0 Å². The van der Waals surface area contributed by atoms with Crippen molar-refractivity contribution in [2.24, 2.45) is 10.8 Å². The van der Waals surface area contributed by atoms with Crippen LogP contribution in [0.5, 0.6) is 0 Å². The predicted octanol–water partition coefficient (Wildman–Crippen LogP) is 6.51. The maximum atomic E-state index is 9.08. The van der Waals surface area contributed by atoms with Crippen molar-refractivity contribution in [3.8, 4) is 0 Å². The van der Waals surface area contributed by atoms with Gasteiger partial charge in [0.2, 0.25) is 0 Å². The molecule has 0 radical (unpaired) electrons. The SMILES string of the molecule is CC(C)(C)CC[N-]C1CCCC[C@H]1[N-]CCC(C)(C)C.OC[C@H](O)c1ccccc1.[O]=[Os]. The van der Waals surface area contributed by atoms with E-state index in [1.54, 1.807) is 12.1 Å². The maximum absolute atomic E-state index is 9.08. The van der Waals surface area contributed by atoms with Crippen LogP contribution in [0.1, 0.15) is 91.7 Å². The Morgan fingerprint density at radius 2 is 1.28 bits per heavy atom. The molecule has 0 spiro atoms. The molecule has 0 saturated heterocycles. The van der Waals surface area contributed by atoms with Gasteiger partial charge < -0.3 is 20.8 Å². The van der Waals surface area contributed by atoms with Gasteiger partial charge in [0.1, 0.15) is 6.10 Å². The van der Waals surface area contributed by atoms with Gasteiger partial charge in [-0.25, -0.2) is 0 Å². The summed E-state index contributed by atoms with van der Waals surface area (Å²) in [5.41, 5.74) is 1.55. The van der Waals surface area contributed by atoms with Gasteiger partial charge in [-0.3, -0.25) is 0 Å². The number of rotatable bonds is 8. The monoisotopic (exact) mass is 626 g/mol. The Hall–Kier alpha value is -0.504. The molecule has 0 aromatic heterocycles. The fourth-order valence-corrected chi connectivity index (χ4v) is 3.43. The van der Waals surface area contributed by atoms with Crippen LogP contribution in [-0.4, -0.2) is 42.0 Å². The quantitative estimate of drug-likeness (QED) is 0.346. The Kier molecular flexibility index (Phi) is 16.7. The Morgan fingerprint density at radius 3 is 1.62 bits per heavy atom. The molecule has 32 heavy (non-hydrogen) atoms. The zero-order chi connectivity index (χ0) is 24.6. The van der Waals surface area contributed by atoms with Gasteiger partial charge in [0, 0.05) is 0 Å². The van der Waals surface area contributed by atoms with E-state index in [1.165, 1.54) is 38.5 Å². The van der Waals surface area contributed by atoms with Crippen LogP contribution < -0.4 is 0 Å². The summed E-state index contributed by atoms with van der Waals surface area (Å²) in [5.74, 6) is 0. The first-order chi connectivity index (χ1) is 15.0. The number of hydrogen-bond acceptors (Lipinski definition) is 3. The number of benzene rings is 1. The Labute approximate surface area is 207 Å². The van der Waals surface area contributed by atoms with Crippen molar-refractivity contribution in [1.82, 2.24) is 0 Å². The Bertz CT molecular complexity index is 545. The Balaban J connectivity index is 0.000000668. The van der Waals surface area contributed by atoms with E-state index in [9.17, 15) is 0 Å². The molecule has 5 nitrogen and oxygen atoms in total. The van der Waals surface area contributed by atoms with Crippen molar-refractivity contribution in [2.45, 2.75) is 98.3 Å². The minimum atomic E-state index is -0.735. The van der Waals surface area contributed by atoms with E-state index >= 15 is 0 Å². The first-order valence-electron chi connectivity index (χ1n) is 11.8. The summed E-state index contributed by atoms with van der Waals surface area (Å²) >= 11 is 0.611. The average molecular weight is 625 g/mol. The van der Waals surface area contributed by atoms with E-state index in [4.69, 9.17) is 24.4 Å². The zero-order valence-electron chi connectivity index (χ0n) is 21.0. The van der Waals surface area contributed by atoms with Crippen molar-refractivity contribution in [2.75, 3.05) is 19.7 Å². The van der Waals surface area contributed by atoms with Gasteiger partial charge in [0.25, 0.3) is 0 Å².